The highest BCUT2D eigenvalue weighted by atomic mass is 16.4. The van der Waals surface area contributed by atoms with Gasteiger partial charge in [0.25, 0.3) is 0 Å². The summed E-state index contributed by atoms with van der Waals surface area (Å²) in [6, 6.07) is 12.3. The second-order valence-electron chi connectivity index (χ2n) is 6.03. The van der Waals surface area contributed by atoms with Crippen LogP contribution in [-0.4, -0.2) is 11.1 Å². The second kappa shape index (κ2) is 7.23. The molecule has 0 radical (unpaired) electrons. The second-order valence-corrected chi connectivity index (χ2v) is 6.03. The number of aryl methyl sites for hydroxylation is 1. The van der Waals surface area contributed by atoms with Crippen molar-refractivity contribution in [2.45, 2.75) is 13.3 Å². The highest BCUT2D eigenvalue weighted by Gasteiger charge is 2.14. The summed E-state index contributed by atoms with van der Waals surface area (Å²) in [7, 11) is 0. The van der Waals surface area contributed by atoms with E-state index in [1.165, 1.54) is 18.2 Å². The van der Waals surface area contributed by atoms with Gasteiger partial charge in [-0.2, -0.15) is 0 Å². The van der Waals surface area contributed by atoms with E-state index < -0.39 is 5.97 Å². The first-order valence-electron chi connectivity index (χ1n) is 8.18. The number of carboxylic acid groups (broad SMARTS) is 1. The molecule has 2 aromatic carbocycles. The minimum Gasteiger partial charge on any atom is -0.478 e. The zero-order valence-electron chi connectivity index (χ0n) is 14.4. The molecular weight excluding hydrogens is 328 g/mol. The highest BCUT2D eigenvalue weighted by Crippen LogP contribution is 2.20. The molecule has 1 aromatic heterocycles. The largest absolute Gasteiger partial charge is 0.478 e. The third-order valence-electron chi connectivity index (χ3n) is 4.08. The topological polar surface area (TPSA) is 67.5 Å². The number of rotatable bonds is 5. The number of hydrogen-bond acceptors (Lipinski definition) is 3. The van der Waals surface area contributed by atoms with Crippen LogP contribution in [0.25, 0.3) is 23.1 Å². The molecule has 0 fully saturated rings. The van der Waals surface area contributed by atoms with Gasteiger partial charge >= 0.3 is 5.97 Å². The minimum atomic E-state index is -1.08. The van der Waals surface area contributed by atoms with Crippen LogP contribution in [0.5, 0.6) is 0 Å². The van der Waals surface area contributed by atoms with Gasteiger partial charge in [-0.05, 0) is 43.2 Å². The summed E-state index contributed by atoms with van der Waals surface area (Å²) in [5.74, 6) is -0.632. The van der Waals surface area contributed by atoms with Crippen LogP contribution in [0.3, 0.4) is 0 Å². The fraction of sp³-hybridized carbons (Fsp3) is 0.0909. The molecule has 0 amide bonds. The molecular formula is C22H18O4. The molecule has 0 saturated heterocycles. The molecule has 130 valence electrons. The molecule has 0 saturated carbocycles. The van der Waals surface area contributed by atoms with Crippen molar-refractivity contribution < 1.29 is 14.3 Å². The van der Waals surface area contributed by atoms with Gasteiger partial charge < -0.3 is 9.52 Å². The van der Waals surface area contributed by atoms with Gasteiger partial charge in [-0.25, -0.2) is 4.79 Å². The predicted octanol–water partition coefficient (Wildman–Crippen LogP) is 4.70. The minimum absolute atomic E-state index is 0.0532. The van der Waals surface area contributed by atoms with Crippen molar-refractivity contribution >= 4 is 29.1 Å². The smallest absolute Gasteiger partial charge is 0.335 e. The highest BCUT2D eigenvalue weighted by molar-refractivity contribution is 5.93. The molecule has 0 aliphatic rings. The summed E-state index contributed by atoms with van der Waals surface area (Å²) >= 11 is 0. The monoisotopic (exact) mass is 346 g/mol. The molecule has 0 aliphatic heterocycles. The molecule has 3 rings (SSSR count). The van der Waals surface area contributed by atoms with Crippen LogP contribution in [0.1, 0.15) is 32.8 Å². The van der Waals surface area contributed by atoms with Gasteiger partial charge in [0.1, 0.15) is 11.3 Å². The summed E-state index contributed by atoms with van der Waals surface area (Å²) < 4.78 is 5.89. The Morgan fingerprint density at radius 2 is 2.00 bits per heavy atom. The van der Waals surface area contributed by atoms with Crippen molar-refractivity contribution in [1.82, 2.24) is 0 Å². The van der Waals surface area contributed by atoms with E-state index in [1.807, 2.05) is 37.3 Å². The van der Waals surface area contributed by atoms with E-state index in [1.54, 1.807) is 12.2 Å². The lowest BCUT2D eigenvalue weighted by Crippen LogP contribution is -2.11. The van der Waals surface area contributed by atoms with E-state index in [4.69, 9.17) is 9.52 Å². The lowest BCUT2D eigenvalue weighted by atomic mass is 10.0. The van der Waals surface area contributed by atoms with Crippen molar-refractivity contribution in [3.8, 4) is 0 Å². The maximum Gasteiger partial charge on any atom is 0.335 e. The lowest BCUT2D eigenvalue weighted by Gasteiger charge is -2.06. The Morgan fingerprint density at radius 1 is 1.19 bits per heavy atom. The Labute approximate surface area is 150 Å². The normalized spacial score (nSPS) is 11.1. The molecule has 26 heavy (non-hydrogen) atoms. The fourth-order valence-electron chi connectivity index (χ4n) is 2.80. The number of carbonyl (C=O) groups is 1. The van der Waals surface area contributed by atoms with Crippen LogP contribution < -0.4 is 5.43 Å². The SMILES string of the molecule is C=CCc1c(C=Cc2cccc(C)c2)oc2ccc(C(=O)O)cc2c1=O. The number of carboxylic acids is 1. The Hall–Kier alpha value is -3.40. The Kier molecular flexibility index (Phi) is 4.85. The van der Waals surface area contributed by atoms with Gasteiger partial charge in [-0.1, -0.05) is 42.0 Å². The first kappa shape index (κ1) is 17.4. The third kappa shape index (κ3) is 3.49. The van der Waals surface area contributed by atoms with Crippen molar-refractivity contribution in [2.75, 3.05) is 0 Å². The predicted molar refractivity (Wildman–Crippen MR) is 103 cm³/mol. The van der Waals surface area contributed by atoms with Gasteiger partial charge in [0.2, 0.25) is 0 Å². The summed E-state index contributed by atoms with van der Waals surface area (Å²) in [4.78, 5) is 24.0. The van der Waals surface area contributed by atoms with E-state index in [9.17, 15) is 9.59 Å². The van der Waals surface area contributed by atoms with Crippen LogP contribution in [0.15, 0.2) is 64.3 Å². The number of hydrogen-bond donors (Lipinski definition) is 1. The average Bonchev–Trinajstić information content (AvgIpc) is 2.62. The first-order valence-corrected chi connectivity index (χ1v) is 8.18. The maximum absolute atomic E-state index is 12.8. The summed E-state index contributed by atoms with van der Waals surface area (Å²) in [5, 5.41) is 9.39. The van der Waals surface area contributed by atoms with Crippen LogP contribution >= 0.6 is 0 Å². The molecule has 1 heterocycles. The zero-order valence-corrected chi connectivity index (χ0v) is 14.4. The van der Waals surface area contributed by atoms with Crippen LogP contribution in [-0.2, 0) is 6.42 Å². The van der Waals surface area contributed by atoms with Gasteiger partial charge in [0.15, 0.2) is 5.43 Å². The maximum atomic E-state index is 12.8. The molecule has 3 aromatic rings. The van der Waals surface area contributed by atoms with Crippen LogP contribution in [0.2, 0.25) is 0 Å². The van der Waals surface area contributed by atoms with Crippen LogP contribution in [0, 0.1) is 6.92 Å². The fourth-order valence-corrected chi connectivity index (χ4v) is 2.80. The van der Waals surface area contributed by atoms with Crippen molar-refractivity contribution in [1.29, 1.82) is 0 Å². The van der Waals surface area contributed by atoms with Gasteiger partial charge in [0.05, 0.1) is 10.9 Å². The Bertz CT molecular complexity index is 1090. The number of aromatic carboxylic acids is 1. The quantitative estimate of drug-likeness (QED) is 0.680. The van der Waals surface area contributed by atoms with E-state index in [0.29, 0.717) is 23.3 Å². The Morgan fingerprint density at radius 3 is 2.69 bits per heavy atom. The van der Waals surface area contributed by atoms with Crippen LogP contribution in [0.4, 0.5) is 0 Å². The molecule has 4 heteroatoms. The Balaban J connectivity index is 2.16. The van der Waals surface area contributed by atoms with Gasteiger partial charge in [-0.3, -0.25) is 4.79 Å². The van der Waals surface area contributed by atoms with E-state index in [0.717, 1.165) is 11.1 Å². The molecule has 0 spiro atoms. The number of benzene rings is 2. The van der Waals surface area contributed by atoms with Gasteiger partial charge in [0, 0.05) is 5.56 Å². The summed E-state index contributed by atoms with van der Waals surface area (Å²) in [6.45, 7) is 5.71. The molecule has 0 atom stereocenters. The molecule has 1 N–H and O–H groups in total. The molecule has 4 nitrogen and oxygen atoms in total. The molecule has 0 aliphatic carbocycles. The van der Waals surface area contributed by atoms with Gasteiger partial charge in [-0.15, -0.1) is 6.58 Å². The number of fused-ring (bicyclic) bond motifs is 1. The number of allylic oxidation sites excluding steroid dienone is 1. The first-order chi connectivity index (χ1) is 12.5. The van der Waals surface area contributed by atoms with Crippen molar-refractivity contribution in [3.05, 3.63) is 93.4 Å². The molecule has 0 bridgehead atoms. The van der Waals surface area contributed by atoms with E-state index >= 15 is 0 Å². The average molecular weight is 346 g/mol. The van der Waals surface area contributed by atoms with E-state index in [2.05, 4.69) is 6.58 Å². The van der Waals surface area contributed by atoms with E-state index in [-0.39, 0.29) is 16.4 Å². The zero-order chi connectivity index (χ0) is 18.7. The third-order valence-corrected chi connectivity index (χ3v) is 4.08. The van der Waals surface area contributed by atoms with Crippen molar-refractivity contribution in [2.24, 2.45) is 0 Å². The standard InChI is InChI=1S/C22H18O4/c1-3-5-17-19(10-8-15-7-4-6-14(2)12-15)26-20-11-9-16(22(24)25)13-18(20)21(17)23/h3-4,6-13H,1,5H2,2H3,(H,24,25). The summed E-state index contributed by atoms with van der Waals surface area (Å²) in [6.07, 6.45) is 5.61. The lowest BCUT2D eigenvalue weighted by molar-refractivity contribution is 0.0697. The van der Waals surface area contributed by atoms with Crippen molar-refractivity contribution in [3.63, 3.8) is 0 Å². The summed E-state index contributed by atoms with van der Waals surface area (Å²) in [5.41, 5.74) is 2.77. The molecule has 0 unspecified atom stereocenters.